The molecule has 0 aliphatic carbocycles. The zero-order chi connectivity index (χ0) is 20.7. The number of azo groups is 1. The number of aromatic nitrogens is 2. The molecule has 11 heteroatoms. The number of rotatable bonds is 4. The van der Waals surface area contributed by atoms with Crippen molar-refractivity contribution in [3.05, 3.63) is 50.2 Å². The monoisotopic (exact) mass is 443 g/mol. The van der Waals surface area contributed by atoms with E-state index in [1.165, 1.54) is 37.2 Å². The van der Waals surface area contributed by atoms with Crippen LogP contribution in [0.3, 0.4) is 0 Å². The van der Waals surface area contributed by atoms with Crippen molar-refractivity contribution in [3.8, 4) is 5.88 Å². The van der Waals surface area contributed by atoms with Gasteiger partial charge in [0.25, 0.3) is 17.4 Å². The second-order valence-electron chi connectivity index (χ2n) is 6.92. The minimum Gasteiger partial charge on any atom is -0.493 e. The summed E-state index contributed by atoms with van der Waals surface area (Å²) in [5.74, 6) is -1.26. The van der Waals surface area contributed by atoms with Crippen LogP contribution in [0.4, 0.5) is 11.4 Å². The number of carbonyl (C=O) groups is 2. The standard InChI is InChI=1S/C18H19N5O5.Ni/c1-9(2)8-23-14(24)11-6-5-10(7-12(11)15(23)25)19-20-13-16(26)21(3)18(28)22(4)17(13)27;/h5-7,9,26H,8H2,1-4H3;/q;+2. The normalized spacial score (nSPS) is 13.3. The summed E-state index contributed by atoms with van der Waals surface area (Å²) in [6.45, 7) is 4.12. The first kappa shape index (κ1) is 22.2. The third-order valence-electron chi connectivity index (χ3n) is 4.38. The molecule has 2 aromatic rings. The van der Waals surface area contributed by atoms with Crippen LogP contribution in [0.25, 0.3) is 0 Å². The first-order valence-corrected chi connectivity index (χ1v) is 8.54. The summed E-state index contributed by atoms with van der Waals surface area (Å²) in [6, 6.07) is 4.36. The Bertz CT molecular complexity index is 1150. The molecule has 0 bridgehead atoms. The van der Waals surface area contributed by atoms with E-state index in [-0.39, 0.29) is 45.1 Å². The van der Waals surface area contributed by atoms with Crippen molar-refractivity contribution < 1.29 is 31.2 Å². The fraction of sp³-hybridized carbons (Fsp3) is 0.333. The topological polar surface area (TPSA) is 126 Å². The van der Waals surface area contributed by atoms with Crippen molar-refractivity contribution in [2.45, 2.75) is 13.8 Å². The van der Waals surface area contributed by atoms with Crippen molar-refractivity contribution in [2.75, 3.05) is 6.54 Å². The Morgan fingerprint density at radius 3 is 2.21 bits per heavy atom. The van der Waals surface area contributed by atoms with Gasteiger partial charge in [0.05, 0.1) is 16.8 Å². The van der Waals surface area contributed by atoms with Crippen LogP contribution in [0, 0.1) is 5.92 Å². The molecule has 154 valence electrons. The van der Waals surface area contributed by atoms with Gasteiger partial charge in [0.15, 0.2) is 0 Å². The molecule has 2 heterocycles. The molecular formula is C18H19N5NiO5+2. The van der Waals surface area contributed by atoms with Crippen LogP contribution in [0.1, 0.15) is 34.6 Å². The number of amides is 2. The quantitative estimate of drug-likeness (QED) is 0.434. The van der Waals surface area contributed by atoms with Crippen molar-refractivity contribution in [1.82, 2.24) is 14.0 Å². The number of fused-ring (bicyclic) bond motifs is 1. The van der Waals surface area contributed by atoms with Gasteiger partial charge in [-0.2, -0.15) is 5.11 Å². The Labute approximate surface area is 175 Å². The number of imide groups is 1. The van der Waals surface area contributed by atoms with Gasteiger partial charge in [0, 0.05) is 20.6 Å². The second kappa shape index (κ2) is 8.12. The summed E-state index contributed by atoms with van der Waals surface area (Å²) in [4.78, 5) is 50.0. The maximum absolute atomic E-state index is 12.5. The molecule has 0 atom stereocenters. The number of hydrogen-bond donors (Lipinski definition) is 1. The zero-order valence-electron chi connectivity index (χ0n) is 16.1. The molecule has 0 saturated carbocycles. The number of aromatic hydroxyl groups is 1. The Hall–Kier alpha value is -3.07. The van der Waals surface area contributed by atoms with Crippen LogP contribution < -0.4 is 11.2 Å². The molecule has 29 heavy (non-hydrogen) atoms. The van der Waals surface area contributed by atoms with E-state index < -0.39 is 28.7 Å². The number of hydrogen-bond acceptors (Lipinski definition) is 7. The van der Waals surface area contributed by atoms with Crippen molar-refractivity contribution in [3.63, 3.8) is 0 Å². The summed E-state index contributed by atoms with van der Waals surface area (Å²) in [5.41, 5.74) is -1.20. The third kappa shape index (κ3) is 3.78. The predicted molar refractivity (Wildman–Crippen MR) is 99.4 cm³/mol. The summed E-state index contributed by atoms with van der Waals surface area (Å²) < 4.78 is 1.66. The molecule has 10 nitrogen and oxygen atoms in total. The van der Waals surface area contributed by atoms with E-state index in [0.29, 0.717) is 6.54 Å². The van der Waals surface area contributed by atoms with E-state index in [1.54, 1.807) is 0 Å². The van der Waals surface area contributed by atoms with E-state index in [9.17, 15) is 24.3 Å². The van der Waals surface area contributed by atoms with E-state index in [0.717, 1.165) is 9.13 Å². The largest absolute Gasteiger partial charge is 2.00 e. The van der Waals surface area contributed by atoms with Crippen LogP contribution in [0.15, 0.2) is 38.0 Å². The minimum absolute atomic E-state index is 0. The van der Waals surface area contributed by atoms with Crippen LogP contribution >= 0.6 is 0 Å². The maximum Gasteiger partial charge on any atom is 2.00 e. The van der Waals surface area contributed by atoms with Gasteiger partial charge in [-0.1, -0.05) is 13.8 Å². The fourth-order valence-electron chi connectivity index (χ4n) is 2.88. The Balaban J connectivity index is 0.00000300. The summed E-state index contributed by atoms with van der Waals surface area (Å²) in [5, 5.41) is 17.6. The molecule has 0 spiro atoms. The molecule has 1 aromatic heterocycles. The van der Waals surface area contributed by atoms with Gasteiger partial charge in [-0.3, -0.25) is 28.4 Å². The van der Waals surface area contributed by atoms with Crippen molar-refractivity contribution in [1.29, 1.82) is 0 Å². The summed E-state index contributed by atoms with van der Waals surface area (Å²) in [7, 11) is 2.55. The summed E-state index contributed by atoms with van der Waals surface area (Å²) in [6.07, 6.45) is 0. The van der Waals surface area contributed by atoms with Crippen LogP contribution in [-0.2, 0) is 30.6 Å². The minimum atomic E-state index is -0.806. The van der Waals surface area contributed by atoms with E-state index in [1.807, 2.05) is 13.8 Å². The molecule has 0 fully saturated rings. The first-order chi connectivity index (χ1) is 13.1. The SMILES string of the molecule is CC(C)CN1C(=O)c2ccc(N=Nc3c(O)n(C)c(=O)n(C)c3=O)cc2C1=O.[Ni+2]. The van der Waals surface area contributed by atoms with Crippen LogP contribution in [0.2, 0.25) is 0 Å². The maximum atomic E-state index is 12.5. The number of benzene rings is 1. The average Bonchev–Trinajstić information content (AvgIpc) is 2.89. The van der Waals surface area contributed by atoms with Gasteiger partial charge in [-0.25, -0.2) is 4.79 Å². The fourth-order valence-corrected chi connectivity index (χ4v) is 2.88. The van der Waals surface area contributed by atoms with Gasteiger partial charge in [-0.05, 0) is 24.1 Å². The van der Waals surface area contributed by atoms with Gasteiger partial charge >= 0.3 is 22.2 Å². The Kier molecular flexibility index (Phi) is 6.22. The van der Waals surface area contributed by atoms with Gasteiger partial charge < -0.3 is 5.11 Å². The van der Waals surface area contributed by atoms with Gasteiger partial charge in [-0.15, -0.1) is 5.11 Å². The van der Waals surface area contributed by atoms with Gasteiger partial charge in [0.1, 0.15) is 0 Å². The molecule has 2 amide bonds. The molecule has 1 aromatic carbocycles. The predicted octanol–water partition coefficient (Wildman–Crippen LogP) is 1.45. The Morgan fingerprint density at radius 2 is 1.59 bits per heavy atom. The third-order valence-corrected chi connectivity index (χ3v) is 4.38. The first-order valence-electron chi connectivity index (χ1n) is 8.54. The zero-order valence-corrected chi connectivity index (χ0v) is 17.1. The van der Waals surface area contributed by atoms with Crippen molar-refractivity contribution >= 4 is 23.2 Å². The number of nitrogens with zero attached hydrogens (tertiary/aromatic N) is 5. The van der Waals surface area contributed by atoms with E-state index >= 15 is 0 Å². The van der Waals surface area contributed by atoms with Crippen molar-refractivity contribution in [2.24, 2.45) is 30.2 Å². The average molecular weight is 444 g/mol. The number of carbonyl (C=O) groups excluding carboxylic acids is 2. The summed E-state index contributed by atoms with van der Waals surface area (Å²) >= 11 is 0. The molecular weight excluding hydrogens is 425 g/mol. The van der Waals surface area contributed by atoms with Crippen LogP contribution in [-0.4, -0.2) is 37.5 Å². The van der Waals surface area contributed by atoms with E-state index in [4.69, 9.17) is 0 Å². The molecule has 1 aliphatic rings. The molecule has 0 saturated heterocycles. The molecule has 1 N–H and O–H groups in total. The molecule has 0 unspecified atom stereocenters. The van der Waals surface area contributed by atoms with E-state index in [2.05, 4.69) is 10.2 Å². The molecule has 0 radical (unpaired) electrons. The van der Waals surface area contributed by atoms with Gasteiger partial charge in [0.2, 0.25) is 11.6 Å². The Morgan fingerprint density at radius 1 is 0.966 bits per heavy atom. The smallest absolute Gasteiger partial charge is 0.493 e. The van der Waals surface area contributed by atoms with Crippen LogP contribution in [0.5, 0.6) is 5.88 Å². The molecule has 3 rings (SSSR count). The second-order valence-corrected chi connectivity index (χ2v) is 6.92. The molecule has 1 aliphatic heterocycles.